The fourth-order valence-corrected chi connectivity index (χ4v) is 3.02. The summed E-state index contributed by atoms with van der Waals surface area (Å²) < 4.78 is 2.02. The van der Waals surface area contributed by atoms with Crippen LogP contribution >= 0.6 is 0 Å². The molecule has 3 aromatic carbocycles. The van der Waals surface area contributed by atoms with Crippen LogP contribution in [-0.2, 0) is 0 Å². The molecule has 0 saturated heterocycles. The predicted octanol–water partition coefficient (Wildman–Crippen LogP) is 2.46. The Balaban J connectivity index is 2.17. The van der Waals surface area contributed by atoms with Gasteiger partial charge in [0, 0.05) is 28.1 Å². The summed E-state index contributed by atoms with van der Waals surface area (Å²) in [6.45, 7) is 0. The van der Waals surface area contributed by atoms with E-state index >= 15 is 0 Å². The van der Waals surface area contributed by atoms with Gasteiger partial charge in [0.1, 0.15) is 0 Å². The van der Waals surface area contributed by atoms with Crippen molar-refractivity contribution < 1.29 is 10.0 Å². The van der Waals surface area contributed by atoms with Crippen LogP contribution in [0, 0.1) is 0 Å². The molecule has 0 aliphatic rings. The first kappa shape index (κ1) is 13.1. The van der Waals surface area contributed by atoms with Gasteiger partial charge in [-0.15, -0.1) is 0 Å². The van der Waals surface area contributed by atoms with Gasteiger partial charge < -0.3 is 14.6 Å². The molecule has 0 amide bonds. The molecule has 106 valence electrons. The molecule has 3 nitrogen and oxygen atoms in total. The van der Waals surface area contributed by atoms with Gasteiger partial charge in [0.2, 0.25) is 0 Å². The molecule has 0 atom stereocenters. The van der Waals surface area contributed by atoms with Crippen molar-refractivity contribution in [1.29, 1.82) is 0 Å². The van der Waals surface area contributed by atoms with E-state index in [2.05, 4.69) is 12.1 Å². The number of benzene rings is 3. The minimum atomic E-state index is -1.49. The SMILES string of the molecule is OB(O)c1cn(-c2ccccc2)c2c1ccc1ccccc12. The van der Waals surface area contributed by atoms with Crippen LogP contribution in [0.4, 0.5) is 0 Å². The van der Waals surface area contributed by atoms with E-state index in [4.69, 9.17) is 0 Å². The number of aromatic nitrogens is 1. The molecule has 0 saturated carbocycles. The summed E-state index contributed by atoms with van der Waals surface area (Å²) >= 11 is 0. The first-order valence-electron chi connectivity index (χ1n) is 7.20. The minimum Gasteiger partial charge on any atom is -0.423 e. The standard InChI is InChI=1S/C18H14BNO2/c21-19(22)17-12-20(14-7-2-1-3-8-14)18-15-9-5-4-6-13(15)10-11-16(17)18/h1-12,21-22H. The van der Waals surface area contributed by atoms with Crippen molar-refractivity contribution >= 4 is 34.3 Å². The fraction of sp³-hybridized carbons (Fsp3) is 0. The van der Waals surface area contributed by atoms with Crippen molar-refractivity contribution in [3.63, 3.8) is 0 Å². The number of hydrogen-bond donors (Lipinski definition) is 2. The van der Waals surface area contributed by atoms with Gasteiger partial charge >= 0.3 is 7.12 Å². The number of fused-ring (bicyclic) bond motifs is 3. The van der Waals surface area contributed by atoms with Gasteiger partial charge in [0.05, 0.1) is 5.52 Å². The van der Waals surface area contributed by atoms with Crippen LogP contribution in [-0.4, -0.2) is 21.7 Å². The fourth-order valence-electron chi connectivity index (χ4n) is 3.02. The second-order valence-electron chi connectivity index (χ2n) is 5.35. The highest BCUT2D eigenvalue weighted by Gasteiger charge is 2.20. The van der Waals surface area contributed by atoms with Crippen LogP contribution in [0.1, 0.15) is 0 Å². The van der Waals surface area contributed by atoms with E-state index in [0.29, 0.717) is 5.46 Å². The number of hydrogen-bond acceptors (Lipinski definition) is 2. The molecule has 4 heteroatoms. The summed E-state index contributed by atoms with van der Waals surface area (Å²) in [6, 6.07) is 22.0. The van der Waals surface area contributed by atoms with Gasteiger partial charge in [0.15, 0.2) is 0 Å². The third-order valence-electron chi connectivity index (χ3n) is 4.03. The summed E-state index contributed by atoms with van der Waals surface area (Å²) in [5, 5.41) is 22.5. The maximum atomic E-state index is 9.70. The van der Waals surface area contributed by atoms with Crippen molar-refractivity contribution in [2.24, 2.45) is 0 Å². The van der Waals surface area contributed by atoms with E-state index in [-0.39, 0.29) is 0 Å². The number of rotatable bonds is 2. The summed E-state index contributed by atoms with van der Waals surface area (Å²) in [6.07, 6.45) is 1.80. The Morgan fingerprint density at radius 3 is 2.23 bits per heavy atom. The molecule has 0 radical (unpaired) electrons. The molecule has 0 unspecified atom stereocenters. The predicted molar refractivity (Wildman–Crippen MR) is 90.6 cm³/mol. The number of para-hydroxylation sites is 1. The third kappa shape index (κ3) is 1.93. The molecular formula is C18H14BNO2. The Hall–Kier alpha value is -2.56. The first-order valence-corrected chi connectivity index (χ1v) is 7.20. The van der Waals surface area contributed by atoms with Crippen LogP contribution in [0.5, 0.6) is 0 Å². The highest BCUT2D eigenvalue weighted by Crippen LogP contribution is 2.27. The molecule has 0 fully saturated rings. The van der Waals surface area contributed by atoms with Gasteiger partial charge in [-0.3, -0.25) is 0 Å². The van der Waals surface area contributed by atoms with E-state index in [0.717, 1.165) is 27.4 Å². The summed E-state index contributed by atoms with van der Waals surface area (Å²) in [5.74, 6) is 0. The summed E-state index contributed by atoms with van der Waals surface area (Å²) in [4.78, 5) is 0. The highest BCUT2D eigenvalue weighted by molar-refractivity contribution is 6.62. The van der Waals surface area contributed by atoms with Gasteiger partial charge in [-0.1, -0.05) is 54.6 Å². The monoisotopic (exact) mass is 287 g/mol. The van der Waals surface area contributed by atoms with Gasteiger partial charge in [-0.2, -0.15) is 0 Å². The van der Waals surface area contributed by atoms with E-state index in [1.54, 1.807) is 6.20 Å². The molecule has 0 aliphatic carbocycles. The van der Waals surface area contributed by atoms with Crippen molar-refractivity contribution in [2.45, 2.75) is 0 Å². The van der Waals surface area contributed by atoms with E-state index < -0.39 is 7.12 Å². The van der Waals surface area contributed by atoms with Crippen LogP contribution in [0.3, 0.4) is 0 Å². The first-order chi connectivity index (χ1) is 10.8. The summed E-state index contributed by atoms with van der Waals surface area (Å²) in [7, 11) is -1.49. The lowest BCUT2D eigenvalue weighted by Gasteiger charge is -2.08. The van der Waals surface area contributed by atoms with E-state index in [1.807, 2.05) is 59.2 Å². The van der Waals surface area contributed by atoms with Crippen LogP contribution < -0.4 is 5.46 Å². The Labute approximate surface area is 128 Å². The maximum absolute atomic E-state index is 9.70. The molecule has 4 aromatic rings. The molecule has 0 aliphatic heterocycles. The van der Waals surface area contributed by atoms with Crippen LogP contribution in [0.15, 0.2) is 72.9 Å². The lowest BCUT2D eigenvalue weighted by atomic mass is 9.80. The Morgan fingerprint density at radius 1 is 0.727 bits per heavy atom. The average molecular weight is 287 g/mol. The second kappa shape index (κ2) is 5.02. The van der Waals surface area contributed by atoms with Gasteiger partial charge in [-0.25, -0.2) is 0 Å². The van der Waals surface area contributed by atoms with Gasteiger partial charge in [-0.05, 0) is 17.5 Å². The quantitative estimate of drug-likeness (QED) is 0.556. The molecule has 22 heavy (non-hydrogen) atoms. The van der Waals surface area contributed by atoms with E-state index in [1.165, 1.54) is 0 Å². The molecular weight excluding hydrogens is 273 g/mol. The van der Waals surface area contributed by atoms with Crippen molar-refractivity contribution in [3.05, 3.63) is 72.9 Å². The van der Waals surface area contributed by atoms with Gasteiger partial charge in [0.25, 0.3) is 0 Å². The Bertz CT molecular complexity index is 961. The number of nitrogens with zero attached hydrogens (tertiary/aromatic N) is 1. The lowest BCUT2D eigenvalue weighted by Crippen LogP contribution is -2.29. The zero-order valence-corrected chi connectivity index (χ0v) is 11.8. The second-order valence-corrected chi connectivity index (χ2v) is 5.35. The molecule has 2 N–H and O–H groups in total. The average Bonchev–Trinajstić information content (AvgIpc) is 2.96. The van der Waals surface area contributed by atoms with Crippen molar-refractivity contribution in [1.82, 2.24) is 4.57 Å². The summed E-state index contributed by atoms with van der Waals surface area (Å²) in [5.41, 5.74) is 2.51. The molecule has 1 heterocycles. The third-order valence-corrected chi connectivity index (χ3v) is 4.03. The highest BCUT2D eigenvalue weighted by atomic mass is 16.4. The lowest BCUT2D eigenvalue weighted by molar-refractivity contribution is 0.426. The Kier molecular flexibility index (Phi) is 3.00. The molecule has 4 rings (SSSR count). The van der Waals surface area contributed by atoms with E-state index in [9.17, 15) is 10.0 Å². The molecule has 0 bridgehead atoms. The smallest absolute Gasteiger partial charge is 0.423 e. The topological polar surface area (TPSA) is 45.4 Å². The molecule has 1 aromatic heterocycles. The van der Waals surface area contributed by atoms with Crippen LogP contribution in [0.2, 0.25) is 0 Å². The zero-order valence-electron chi connectivity index (χ0n) is 11.8. The normalized spacial score (nSPS) is 11.2. The molecule has 0 spiro atoms. The Morgan fingerprint density at radius 2 is 1.45 bits per heavy atom. The maximum Gasteiger partial charge on any atom is 0.490 e. The van der Waals surface area contributed by atoms with Crippen LogP contribution in [0.25, 0.3) is 27.4 Å². The van der Waals surface area contributed by atoms with Crippen molar-refractivity contribution in [2.75, 3.05) is 0 Å². The minimum absolute atomic E-state index is 0.518. The zero-order chi connectivity index (χ0) is 15.1. The van der Waals surface area contributed by atoms with Crippen molar-refractivity contribution in [3.8, 4) is 5.69 Å². The largest absolute Gasteiger partial charge is 0.490 e.